The number of sulfonamides is 1. The average molecular weight is 401 g/mol. The Kier molecular flexibility index (Phi) is 3.69. The summed E-state index contributed by atoms with van der Waals surface area (Å²) in [6, 6.07) is 6.02. The van der Waals surface area contributed by atoms with Crippen LogP contribution >= 0.6 is 0 Å². The number of hydrogen-bond acceptors (Lipinski definition) is 6. The van der Waals surface area contributed by atoms with Gasteiger partial charge in [-0.3, -0.25) is 9.78 Å². The van der Waals surface area contributed by atoms with Crippen LogP contribution in [0.3, 0.4) is 0 Å². The summed E-state index contributed by atoms with van der Waals surface area (Å²) >= 11 is 0. The maximum absolute atomic E-state index is 13.4. The Balaban J connectivity index is 1.56. The Hall–Kier alpha value is -2.65. The van der Waals surface area contributed by atoms with Gasteiger partial charge in [0.05, 0.1) is 10.8 Å². The SMILES string of the molecule is C[C@@H]1[C@@H]2c3cnccc3N(C)C(=O)[C@@H]2CN1S(=O)(=O)c1ccc2c(c1)OCO2. The van der Waals surface area contributed by atoms with Crippen LogP contribution in [0.4, 0.5) is 5.69 Å². The Morgan fingerprint density at radius 3 is 2.79 bits per heavy atom. The summed E-state index contributed by atoms with van der Waals surface area (Å²) in [5.74, 6) is 0.213. The summed E-state index contributed by atoms with van der Waals surface area (Å²) in [4.78, 5) is 18.9. The van der Waals surface area contributed by atoms with Gasteiger partial charge in [-0.25, -0.2) is 8.42 Å². The fourth-order valence-corrected chi connectivity index (χ4v) is 6.21. The van der Waals surface area contributed by atoms with E-state index in [0.29, 0.717) is 11.5 Å². The van der Waals surface area contributed by atoms with Crippen LogP contribution in [-0.2, 0) is 14.8 Å². The lowest BCUT2D eigenvalue weighted by molar-refractivity contribution is -0.122. The van der Waals surface area contributed by atoms with Crippen LogP contribution in [0.15, 0.2) is 41.6 Å². The van der Waals surface area contributed by atoms with E-state index in [0.717, 1.165) is 11.3 Å². The van der Waals surface area contributed by atoms with E-state index in [1.54, 1.807) is 36.5 Å². The number of carbonyl (C=O) groups is 1. The van der Waals surface area contributed by atoms with Crippen molar-refractivity contribution in [1.82, 2.24) is 9.29 Å². The highest BCUT2D eigenvalue weighted by atomic mass is 32.2. The Morgan fingerprint density at radius 1 is 1.18 bits per heavy atom. The van der Waals surface area contributed by atoms with Crippen LogP contribution < -0.4 is 14.4 Å². The van der Waals surface area contributed by atoms with Gasteiger partial charge >= 0.3 is 0 Å². The molecule has 0 aliphatic carbocycles. The summed E-state index contributed by atoms with van der Waals surface area (Å²) in [7, 11) is -2.09. The first-order chi connectivity index (χ1) is 13.4. The van der Waals surface area contributed by atoms with E-state index in [2.05, 4.69) is 4.98 Å². The van der Waals surface area contributed by atoms with Crippen molar-refractivity contribution in [1.29, 1.82) is 0 Å². The maximum Gasteiger partial charge on any atom is 0.243 e. The number of ether oxygens (including phenoxy) is 2. The summed E-state index contributed by atoms with van der Waals surface area (Å²) < 4.78 is 38.8. The van der Waals surface area contributed by atoms with Gasteiger partial charge in [0.25, 0.3) is 0 Å². The molecule has 4 heterocycles. The largest absolute Gasteiger partial charge is 0.454 e. The van der Waals surface area contributed by atoms with E-state index in [1.165, 1.54) is 16.4 Å². The van der Waals surface area contributed by atoms with Crippen molar-refractivity contribution >= 4 is 21.6 Å². The molecule has 1 amide bonds. The second kappa shape index (κ2) is 5.92. The van der Waals surface area contributed by atoms with Crippen LogP contribution in [0.25, 0.3) is 0 Å². The predicted octanol–water partition coefficient (Wildman–Crippen LogP) is 1.58. The van der Waals surface area contributed by atoms with E-state index < -0.39 is 15.9 Å². The second-order valence-electron chi connectivity index (χ2n) is 7.29. The monoisotopic (exact) mass is 401 g/mol. The molecule has 1 fully saturated rings. The molecular formula is C19H19N3O5S. The molecule has 0 radical (unpaired) electrons. The third-order valence-electron chi connectivity index (χ3n) is 5.93. The zero-order valence-electron chi connectivity index (χ0n) is 15.4. The fourth-order valence-electron chi connectivity index (χ4n) is 4.52. The normalized spacial score (nSPS) is 26.3. The number of aromatic nitrogens is 1. The lowest BCUT2D eigenvalue weighted by Gasteiger charge is -2.34. The summed E-state index contributed by atoms with van der Waals surface area (Å²) in [5.41, 5.74) is 1.70. The number of rotatable bonds is 2. The molecule has 0 saturated carbocycles. The van der Waals surface area contributed by atoms with Crippen molar-refractivity contribution in [3.8, 4) is 11.5 Å². The molecule has 3 aliphatic heterocycles. The third-order valence-corrected chi connectivity index (χ3v) is 7.88. The van der Waals surface area contributed by atoms with Crippen molar-refractivity contribution < 1.29 is 22.7 Å². The van der Waals surface area contributed by atoms with Crippen molar-refractivity contribution in [2.24, 2.45) is 5.92 Å². The molecule has 5 rings (SSSR count). The number of carbonyl (C=O) groups excluding carboxylic acids is 1. The standard InChI is InChI=1S/C19H19N3O5S/c1-11-18-13-8-20-6-5-15(13)21(2)19(23)14(18)9-22(11)28(24,25)12-3-4-16-17(7-12)27-10-26-16/h3-8,11,14,18H,9-10H2,1-2H3/t11-,14-,18-/m1/s1. The van der Waals surface area contributed by atoms with Crippen LogP contribution in [0.5, 0.6) is 11.5 Å². The van der Waals surface area contributed by atoms with E-state index in [9.17, 15) is 13.2 Å². The molecule has 1 aromatic heterocycles. The molecule has 9 heteroatoms. The van der Waals surface area contributed by atoms with Crippen LogP contribution in [0.1, 0.15) is 18.4 Å². The van der Waals surface area contributed by atoms with Crippen molar-refractivity contribution in [3.05, 3.63) is 42.2 Å². The van der Waals surface area contributed by atoms with Gasteiger partial charge in [-0.1, -0.05) is 0 Å². The summed E-state index contributed by atoms with van der Waals surface area (Å²) in [6.45, 7) is 2.07. The highest BCUT2D eigenvalue weighted by molar-refractivity contribution is 7.89. The van der Waals surface area contributed by atoms with Crippen molar-refractivity contribution in [3.63, 3.8) is 0 Å². The van der Waals surface area contributed by atoms with Gasteiger partial charge in [0.1, 0.15) is 0 Å². The quantitative estimate of drug-likeness (QED) is 0.759. The van der Waals surface area contributed by atoms with Crippen molar-refractivity contribution in [2.75, 3.05) is 25.3 Å². The molecular weight excluding hydrogens is 382 g/mol. The number of benzene rings is 1. The minimum absolute atomic E-state index is 0.0704. The Bertz CT molecular complexity index is 1090. The smallest absolute Gasteiger partial charge is 0.243 e. The van der Waals surface area contributed by atoms with Crippen LogP contribution in [0, 0.1) is 5.92 Å². The van der Waals surface area contributed by atoms with Gasteiger partial charge in [0.15, 0.2) is 11.5 Å². The number of pyridine rings is 1. The van der Waals surface area contributed by atoms with Crippen molar-refractivity contribution in [2.45, 2.75) is 23.8 Å². The van der Waals surface area contributed by atoms with E-state index >= 15 is 0 Å². The molecule has 146 valence electrons. The Labute approximate surface area is 162 Å². The Morgan fingerprint density at radius 2 is 1.96 bits per heavy atom. The molecule has 8 nitrogen and oxygen atoms in total. The zero-order valence-corrected chi connectivity index (χ0v) is 16.2. The van der Waals surface area contributed by atoms with Crippen LogP contribution in [0.2, 0.25) is 0 Å². The van der Waals surface area contributed by atoms with E-state index in [-0.39, 0.29) is 36.1 Å². The molecule has 1 aromatic carbocycles. The van der Waals surface area contributed by atoms with E-state index in [4.69, 9.17) is 9.47 Å². The number of hydrogen-bond donors (Lipinski definition) is 0. The highest BCUT2D eigenvalue weighted by Crippen LogP contribution is 2.48. The average Bonchev–Trinajstić information content (AvgIpc) is 3.30. The first-order valence-corrected chi connectivity index (χ1v) is 10.5. The molecule has 3 aliphatic rings. The van der Waals surface area contributed by atoms with Gasteiger partial charge in [0.2, 0.25) is 22.7 Å². The van der Waals surface area contributed by atoms with Crippen LogP contribution in [-0.4, -0.2) is 50.0 Å². The van der Waals surface area contributed by atoms with Gasteiger partial charge in [0, 0.05) is 49.7 Å². The fraction of sp³-hybridized carbons (Fsp3) is 0.368. The molecule has 0 N–H and O–H groups in total. The molecule has 2 aromatic rings. The maximum atomic E-state index is 13.4. The summed E-state index contributed by atoms with van der Waals surface area (Å²) in [5, 5.41) is 0. The first kappa shape index (κ1) is 17.4. The number of nitrogens with zero attached hydrogens (tertiary/aromatic N) is 3. The first-order valence-electron chi connectivity index (χ1n) is 9.02. The third kappa shape index (κ3) is 2.29. The van der Waals surface area contributed by atoms with Gasteiger partial charge in [-0.15, -0.1) is 0 Å². The highest BCUT2D eigenvalue weighted by Gasteiger charge is 2.52. The topological polar surface area (TPSA) is 89.0 Å². The lowest BCUT2D eigenvalue weighted by Crippen LogP contribution is -2.41. The molecule has 0 unspecified atom stereocenters. The molecule has 0 bridgehead atoms. The molecule has 1 saturated heterocycles. The molecule has 3 atom stereocenters. The predicted molar refractivity (Wildman–Crippen MR) is 99.8 cm³/mol. The molecule has 28 heavy (non-hydrogen) atoms. The van der Waals surface area contributed by atoms with Gasteiger partial charge in [-0.05, 0) is 30.7 Å². The molecule has 0 spiro atoms. The zero-order chi connectivity index (χ0) is 19.6. The second-order valence-corrected chi connectivity index (χ2v) is 9.18. The minimum Gasteiger partial charge on any atom is -0.454 e. The summed E-state index contributed by atoms with van der Waals surface area (Å²) in [6.07, 6.45) is 3.38. The lowest BCUT2D eigenvalue weighted by atomic mass is 9.81. The van der Waals surface area contributed by atoms with Gasteiger partial charge in [-0.2, -0.15) is 4.31 Å². The minimum atomic E-state index is -3.80. The number of fused-ring (bicyclic) bond motifs is 4. The van der Waals surface area contributed by atoms with E-state index in [1.807, 2.05) is 6.92 Å². The number of amides is 1. The number of anilines is 1. The van der Waals surface area contributed by atoms with Gasteiger partial charge < -0.3 is 14.4 Å².